The number of piperazine rings is 1. The zero-order chi connectivity index (χ0) is 19.0. The Bertz CT molecular complexity index is 836. The number of nitrogens with zero attached hydrogens (tertiary/aromatic N) is 4. The average molecular weight is 388 g/mol. The second-order valence-electron chi connectivity index (χ2n) is 7.93. The molecule has 0 atom stereocenters. The second-order valence-corrected chi connectivity index (χ2v) is 8.93. The fourth-order valence-electron chi connectivity index (χ4n) is 3.76. The summed E-state index contributed by atoms with van der Waals surface area (Å²) in [5, 5.41) is 4.17. The Kier molecular flexibility index (Phi) is 5.43. The van der Waals surface area contributed by atoms with Gasteiger partial charge in [0.1, 0.15) is 10.7 Å². The molecular weight excluding hydrogens is 358 g/mol. The van der Waals surface area contributed by atoms with Crippen molar-refractivity contribution in [3.05, 3.63) is 22.0 Å². The number of fused-ring (bicyclic) bond motifs is 1. The standard InChI is InChI=1S/C20H29N5OS/c1-13-16-14(2)22-18(15-5-6-15)23-20(16)27-17(13)19(26)21-7-4-8-25-11-9-24(3)10-12-25/h15H,4-12H2,1-3H3,(H,21,26). The minimum Gasteiger partial charge on any atom is -0.351 e. The molecule has 146 valence electrons. The summed E-state index contributed by atoms with van der Waals surface area (Å²) in [6.45, 7) is 10.3. The maximum absolute atomic E-state index is 12.7. The maximum atomic E-state index is 12.7. The minimum absolute atomic E-state index is 0.0289. The topological polar surface area (TPSA) is 61.4 Å². The van der Waals surface area contributed by atoms with Crippen molar-refractivity contribution in [2.24, 2.45) is 0 Å². The van der Waals surface area contributed by atoms with Crippen molar-refractivity contribution in [3.8, 4) is 0 Å². The first-order valence-corrected chi connectivity index (χ1v) is 10.8. The zero-order valence-electron chi connectivity index (χ0n) is 16.5. The Balaban J connectivity index is 1.36. The molecule has 1 saturated carbocycles. The normalized spacial score (nSPS) is 18.9. The van der Waals surface area contributed by atoms with Crippen LogP contribution < -0.4 is 5.32 Å². The van der Waals surface area contributed by atoms with E-state index < -0.39 is 0 Å². The van der Waals surface area contributed by atoms with Gasteiger partial charge in [-0.2, -0.15) is 0 Å². The summed E-state index contributed by atoms with van der Waals surface area (Å²) < 4.78 is 0. The van der Waals surface area contributed by atoms with Crippen LogP contribution in [0.25, 0.3) is 10.2 Å². The minimum atomic E-state index is 0.0289. The maximum Gasteiger partial charge on any atom is 0.261 e. The first-order valence-electron chi connectivity index (χ1n) is 9.99. The fraction of sp³-hybridized carbons (Fsp3) is 0.650. The molecule has 6 nitrogen and oxygen atoms in total. The van der Waals surface area contributed by atoms with Crippen LogP contribution in [0.1, 0.15) is 51.9 Å². The highest BCUT2D eigenvalue weighted by molar-refractivity contribution is 7.20. The molecule has 4 rings (SSSR count). The third kappa shape index (κ3) is 4.15. The highest BCUT2D eigenvalue weighted by Gasteiger charge is 2.28. The Morgan fingerprint density at radius 1 is 1.19 bits per heavy atom. The first-order chi connectivity index (χ1) is 13.0. The lowest BCUT2D eigenvalue weighted by molar-refractivity contribution is 0.0953. The Morgan fingerprint density at radius 3 is 2.63 bits per heavy atom. The fourth-order valence-corrected chi connectivity index (χ4v) is 4.91. The monoisotopic (exact) mass is 387 g/mol. The van der Waals surface area contributed by atoms with Crippen LogP contribution in [0.2, 0.25) is 0 Å². The molecule has 2 aromatic rings. The zero-order valence-corrected chi connectivity index (χ0v) is 17.4. The van der Waals surface area contributed by atoms with Gasteiger partial charge in [0.15, 0.2) is 0 Å². The molecule has 0 bridgehead atoms. The van der Waals surface area contributed by atoms with Gasteiger partial charge in [-0.05, 0) is 52.3 Å². The lowest BCUT2D eigenvalue weighted by Gasteiger charge is -2.32. The van der Waals surface area contributed by atoms with Crippen molar-refractivity contribution in [1.29, 1.82) is 0 Å². The van der Waals surface area contributed by atoms with Gasteiger partial charge >= 0.3 is 0 Å². The third-order valence-corrected chi connectivity index (χ3v) is 6.85. The van der Waals surface area contributed by atoms with Gasteiger partial charge in [-0.1, -0.05) is 0 Å². The van der Waals surface area contributed by atoms with Gasteiger partial charge in [-0.15, -0.1) is 11.3 Å². The van der Waals surface area contributed by atoms with Crippen LogP contribution in [-0.2, 0) is 0 Å². The highest BCUT2D eigenvalue weighted by Crippen LogP contribution is 2.40. The van der Waals surface area contributed by atoms with Crippen LogP contribution >= 0.6 is 11.3 Å². The number of aryl methyl sites for hydroxylation is 2. The van der Waals surface area contributed by atoms with Gasteiger partial charge in [-0.25, -0.2) is 9.97 Å². The summed E-state index contributed by atoms with van der Waals surface area (Å²) >= 11 is 1.51. The summed E-state index contributed by atoms with van der Waals surface area (Å²) in [5.41, 5.74) is 2.02. The summed E-state index contributed by atoms with van der Waals surface area (Å²) in [7, 11) is 2.17. The number of likely N-dealkylation sites (N-methyl/N-ethyl adjacent to an activating group) is 1. The van der Waals surface area contributed by atoms with Gasteiger partial charge in [-0.3, -0.25) is 4.79 Å². The predicted molar refractivity (Wildman–Crippen MR) is 110 cm³/mol. The van der Waals surface area contributed by atoms with E-state index in [1.54, 1.807) is 0 Å². The quantitative estimate of drug-likeness (QED) is 0.772. The molecule has 1 saturated heterocycles. The van der Waals surface area contributed by atoms with E-state index in [-0.39, 0.29) is 5.91 Å². The summed E-state index contributed by atoms with van der Waals surface area (Å²) in [6, 6.07) is 0. The molecule has 1 aliphatic carbocycles. The third-order valence-electron chi connectivity index (χ3n) is 5.67. The molecule has 2 aliphatic rings. The molecule has 3 heterocycles. The SMILES string of the molecule is Cc1nc(C2CC2)nc2sc(C(=O)NCCCN3CCN(C)CC3)c(C)c12. The van der Waals surface area contributed by atoms with E-state index >= 15 is 0 Å². The van der Waals surface area contributed by atoms with Crippen LogP contribution in [0.15, 0.2) is 0 Å². The van der Waals surface area contributed by atoms with E-state index in [2.05, 4.69) is 27.1 Å². The van der Waals surface area contributed by atoms with Crippen molar-refractivity contribution in [2.45, 2.75) is 39.0 Å². The Hall–Kier alpha value is -1.57. The molecule has 0 radical (unpaired) electrons. The van der Waals surface area contributed by atoms with Crippen molar-refractivity contribution in [3.63, 3.8) is 0 Å². The van der Waals surface area contributed by atoms with E-state index in [1.807, 2.05) is 13.8 Å². The number of hydrogen-bond acceptors (Lipinski definition) is 6. The van der Waals surface area contributed by atoms with E-state index in [1.165, 1.54) is 24.2 Å². The summed E-state index contributed by atoms with van der Waals surface area (Å²) in [6.07, 6.45) is 3.37. The van der Waals surface area contributed by atoms with Crippen molar-refractivity contribution in [2.75, 3.05) is 46.3 Å². The number of hydrogen-bond donors (Lipinski definition) is 1. The van der Waals surface area contributed by atoms with Gasteiger partial charge in [0.25, 0.3) is 5.91 Å². The van der Waals surface area contributed by atoms with Gasteiger partial charge < -0.3 is 15.1 Å². The Labute approximate surface area is 165 Å². The van der Waals surface area contributed by atoms with Crippen LogP contribution in [0.4, 0.5) is 0 Å². The highest BCUT2D eigenvalue weighted by atomic mass is 32.1. The number of nitrogens with one attached hydrogen (secondary N) is 1. The largest absolute Gasteiger partial charge is 0.351 e. The van der Waals surface area contributed by atoms with Gasteiger partial charge in [0.2, 0.25) is 0 Å². The lowest BCUT2D eigenvalue weighted by Crippen LogP contribution is -2.45. The summed E-state index contributed by atoms with van der Waals surface area (Å²) in [5.74, 6) is 1.52. The molecule has 27 heavy (non-hydrogen) atoms. The lowest BCUT2D eigenvalue weighted by atomic mass is 10.1. The molecule has 1 N–H and O–H groups in total. The van der Waals surface area contributed by atoms with Crippen molar-refractivity contribution < 1.29 is 4.79 Å². The second kappa shape index (κ2) is 7.81. The van der Waals surface area contributed by atoms with Crippen molar-refractivity contribution >= 4 is 27.5 Å². The number of carbonyl (C=O) groups is 1. The molecule has 2 fully saturated rings. The smallest absolute Gasteiger partial charge is 0.261 e. The van der Waals surface area contributed by atoms with Gasteiger partial charge in [0, 0.05) is 44.0 Å². The van der Waals surface area contributed by atoms with Crippen LogP contribution in [0.3, 0.4) is 0 Å². The predicted octanol–water partition coefficient (Wildman–Crippen LogP) is 2.55. The molecule has 1 amide bonds. The molecule has 0 unspecified atom stereocenters. The first kappa shape index (κ1) is 18.8. The van der Waals surface area contributed by atoms with Crippen LogP contribution in [0, 0.1) is 13.8 Å². The van der Waals surface area contributed by atoms with Crippen LogP contribution in [-0.4, -0.2) is 72.0 Å². The van der Waals surface area contributed by atoms with Gasteiger partial charge in [0.05, 0.1) is 10.6 Å². The van der Waals surface area contributed by atoms with E-state index in [9.17, 15) is 4.79 Å². The van der Waals surface area contributed by atoms with E-state index in [4.69, 9.17) is 4.98 Å². The average Bonchev–Trinajstić information content (AvgIpc) is 3.44. The van der Waals surface area contributed by atoms with E-state index in [0.29, 0.717) is 5.92 Å². The number of rotatable bonds is 6. The summed E-state index contributed by atoms with van der Waals surface area (Å²) in [4.78, 5) is 28.7. The molecule has 2 aromatic heterocycles. The molecule has 0 aromatic carbocycles. The number of thiophene rings is 1. The Morgan fingerprint density at radius 2 is 1.93 bits per heavy atom. The number of amides is 1. The molecule has 0 spiro atoms. The van der Waals surface area contributed by atoms with Crippen molar-refractivity contribution in [1.82, 2.24) is 25.1 Å². The molecule has 7 heteroatoms. The molecule has 1 aliphatic heterocycles. The number of aromatic nitrogens is 2. The van der Waals surface area contributed by atoms with Crippen LogP contribution in [0.5, 0.6) is 0 Å². The number of carbonyl (C=O) groups excluding carboxylic acids is 1. The molecular formula is C20H29N5OS. The van der Waals surface area contributed by atoms with E-state index in [0.717, 1.165) is 77.9 Å².